The quantitative estimate of drug-likeness (QED) is 0.857. The molecule has 0 bridgehead atoms. The van der Waals surface area contributed by atoms with E-state index in [-0.39, 0.29) is 4.90 Å². The van der Waals surface area contributed by atoms with Gasteiger partial charge in [0, 0.05) is 30.7 Å². The van der Waals surface area contributed by atoms with Crippen molar-refractivity contribution in [3.8, 4) is 0 Å². The first kappa shape index (κ1) is 14.0. The maximum atomic E-state index is 12.2. The Hall–Kier alpha value is -1.92. The molecular weight excluding hydrogens is 286 g/mol. The van der Waals surface area contributed by atoms with Gasteiger partial charge in [-0.2, -0.15) is 0 Å². The summed E-state index contributed by atoms with van der Waals surface area (Å²) in [6, 6.07) is 11.2. The van der Waals surface area contributed by atoms with Crippen molar-refractivity contribution < 1.29 is 8.42 Å². The highest BCUT2D eigenvalue weighted by Crippen LogP contribution is 2.20. The molecule has 5 nitrogen and oxygen atoms in total. The van der Waals surface area contributed by atoms with Crippen LogP contribution in [0.1, 0.15) is 18.4 Å². The van der Waals surface area contributed by atoms with E-state index in [9.17, 15) is 8.42 Å². The van der Waals surface area contributed by atoms with Gasteiger partial charge in [-0.05, 0) is 42.7 Å². The van der Waals surface area contributed by atoms with Gasteiger partial charge in [-0.1, -0.05) is 12.1 Å². The molecule has 0 amide bonds. The molecule has 110 valence electrons. The van der Waals surface area contributed by atoms with Gasteiger partial charge in [-0.15, -0.1) is 0 Å². The summed E-state index contributed by atoms with van der Waals surface area (Å²) in [7, 11) is -3.58. The number of rotatable bonds is 6. The Morgan fingerprint density at radius 3 is 2.76 bits per heavy atom. The maximum absolute atomic E-state index is 12.2. The normalized spacial score (nSPS) is 14.9. The summed E-state index contributed by atoms with van der Waals surface area (Å²) in [6.07, 6.45) is 5.34. The fourth-order valence-electron chi connectivity index (χ4n) is 2.01. The smallest absolute Gasteiger partial charge is 0.263 e. The Balaban J connectivity index is 1.73. The SMILES string of the molecule is O=S(=O)(Nc1cccc(CNC2CC2)c1)c1cccnc1. The molecule has 1 heterocycles. The lowest BCUT2D eigenvalue weighted by Crippen LogP contribution is -2.16. The molecule has 6 heteroatoms. The summed E-state index contributed by atoms with van der Waals surface area (Å²) in [5.74, 6) is 0. The van der Waals surface area contributed by atoms with E-state index in [0.717, 1.165) is 12.1 Å². The van der Waals surface area contributed by atoms with E-state index in [1.807, 2.05) is 18.2 Å². The predicted octanol–water partition coefficient (Wildman–Crippen LogP) is 2.13. The van der Waals surface area contributed by atoms with Crippen LogP contribution in [0.2, 0.25) is 0 Å². The van der Waals surface area contributed by atoms with Crippen molar-refractivity contribution in [3.05, 3.63) is 54.4 Å². The standard InChI is InChI=1S/C15H17N3O2S/c19-21(20,15-5-2-8-16-11-15)18-14-4-1-3-12(9-14)10-17-13-6-7-13/h1-5,8-9,11,13,17-18H,6-7,10H2. The Labute approximate surface area is 124 Å². The molecule has 3 rings (SSSR count). The second kappa shape index (κ2) is 5.83. The molecule has 2 aromatic rings. The largest absolute Gasteiger partial charge is 0.310 e. The zero-order valence-electron chi connectivity index (χ0n) is 11.5. The third-order valence-electron chi connectivity index (χ3n) is 3.30. The molecule has 0 atom stereocenters. The first-order valence-electron chi connectivity index (χ1n) is 6.89. The van der Waals surface area contributed by atoms with Crippen LogP contribution in [0.4, 0.5) is 5.69 Å². The third-order valence-corrected chi connectivity index (χ3v) is 4.66. The third kappa shape index (κ3) is 3.80. The summed E-state index contributed by atoms with van der Waals surface area (Å²) in [5, 5.41) is 3.41. The highest BCUT2D eigenvalue weighted by atomic mass is 32.2. The van der Waals surface area contributed by atoms with Crippen molar-refractivity contribution in [2.24, 2.45) is 0 Å². The molecule has 1 fully saturated rings. The molecular formula is C15H17N3O2S. The zero-order valence-corrected chi connectivity index (χ0v) is 12.3. The van der Waals surface area contributed by atoms with Crippen LogP contribution in [0.5, 0.6) is 0 Å². The minimum absolute atomic E-state index is 0.159. The van der Waals surface area contributed by atoms with Crippen LogP contribution in [0.15, 0.2) is 53.7 Å². The second-order valence-corrected chi connectivity index (χ2v) is 6.83. The van der Waals surface area contributed by atoms with Crippen LogP contribution in [0.3, 0.4) is 0 Å². The van der Waals surface area contributed by atoms with Crippen LogP contribution < -0.4 is 10.0 Å². The number of aromatic nitrogens is 1. The molecule has 21 heavy (non-hydrogen) atoms. The van der Waals surface area contributed by atoms with Crippen LogP contribution in [-0.4, -0.2) is 19.4 Å². The van der Waals surface area contributed by atoms with E-state index >= 15 is 0 Å². The minimum atomic E-state index is -3.58. The lowest BCUT2D eigenvalue weighted by atomic mass is 10.2. The first-order valence-corrected chi connectivity index (χ1v) is 8.37. The lowest BCUT2D eigenvalue weighted by molar-refractivity contribution is 0.601. The molecule has 0 radical (unpaired) electrons. The number of hydrogen-bond donors (Lipinski definition) is 2. The molecule has 1 aliphatic rings. The van der Waals surface area contributed by atoms with Gasteiger partial charge in [0.15, 0.2) is 0 Å². The van der Waals surface area contributed by atoms with E-state index < -0.39 is 10.0 Å². The molecule has 0 unspecified atom stereocenters. The summed E-state index contributed by atoms with van der Waals surface area (Å²) in [6.45, 7) is 0.757. The van der Waals surface area contributed by atoms with Gasteiger partial charge in [0.25, 0.3) is 10.0 Å². The Morgan fingerprint density at radius 1 is 1.19 bits per heavy atom. The topological polar surface area (TPSA) is 71.1 Å². The summed E-state index contributed by atoms with van der Waals surface area (Å²) in [4.78, 5) is 4.00. The average Bonchev–Trinajstić information content (AvgIpc) is 3.30. The maximum Gasteiger partial charge on any atom is 0.263 e. The van der Waals surface area contributed by atoms with Crippen LogP contribution in [0, 0.1) is 0 Å². The Bertz CT molecular complexity index is 713. The van der Waals surface area contributed by atoms with Crippen molar-refractivity contribution >= 4 is 15.7 Å². The number of nitrogens with zero attached hydrogens (tertiary/aromatic N) is 1. The van der Waals surface area contributed by atoms with Crippen molar-refractivity contribution in [1.82, 2.24) is 10.3 Å². The van der Waals surface area contributed by atoms with Gasteiger partial charge < -0.3 is 5.32 Å². The van der Waals surface area contributed by atoms with E-state index in [0.29, 0.717) is 11.7 Å². The van der Waals surface area contributed by atoms with Crippen molar-refractivity contribution in [2.75, 3.05) is 4.72 Å². The lowest BCUT2D eigenvalue weighted by Gasteiger charge is -2.09. The van der Waals surface area contributed by atoms with Gasteiger partial charge in [-0.3, -0.25) is 9.71 Å². The summed E-state index contributed by atoms with van der Waals surface area (Å²) >= 11 is 0. The van der Waals surface area contributed by atoms with Crippen LogP contribution in [0.25, 0.3) is 0 Å². The molecule has 0 spiro atoms. The summed E-state index contributed by atoms with van der Waals surface area (Å²) in [5.41, 5.74) is 1.63. The van der Waals surface area contributed by atoms with Gasteiger partial charge in [0.2, 0.25) is 0 Å². The predicted molar refractivity (Wildman–Crippen MR) is 81.3 cm³/mol. The molecule has 0 saturated heterocycles. The molecule has 0 aliphatic heterocycles. The first-order chi connectivity index (χ1) is 10.1. The molecule has 1 saturated carbocycles. The van der Waals surface area contributed by atoms with Crippen LogP contribution >= 0.6 is 0 Å². The Morgan fingerprint density at radius 2 is 2.05 bits per heavy atom. The van der Waals surface area contributed by atoms with E-state index in [1.165, 1.54) is 25.1 Å². The van der Waals surface area contributed by atoms with E-state index in [2.05, 4.69) is 15.0 Å². The van der Waals surface area contributed by atoms with E-state index in [4.69, 9.17) is 0 Å². The highest BCUT2D eigenvalue weighted by molar-refractivity contribution is 7.92. The van der Waals surface area contributed by atoms with Gasteiger partial charge in [0.1, 0.15) is 4.90 Å². The number of anilines is 1. The van der Waals surface area contributed by atoms with Crippen molar-refractivity contribution in [1.29, 1.82) is 0 Å². The number of pyridine rings is 1. The number of sulfonamides is 1. The number of benzene rings is 1. The van der Waals surface area contributed by atoms with Gasteiger partial charge >= 0.3 is 0 Å². The molecule has 2 N–H and O–H groups in total. The fraction of sp³-hybridized carbons (Fsp3) is 0.267. The van der Waals surface area contributed by atoms with Crippen molar-refractivity contribution in [2.45, 2.75) is 30.3 Å². The minimum Gasteiger partial charge on any atom is -0.310 e. The fourth-order valence-corrected chi connectivity index (χ4v) is 3.03. The molecule has 1 aromatic carbocycles. The number of nitrogens with one attached hydrogen (secondary N) is 2. The summed E-state index contributed by atoms with van der Waals surface area (Å²) < 4.78 is 27.0. The Kier molecular flexibility index (Phi) is 3.90. The highest BCUT2D eigenvalue weighted by Gasteiger charge is 2.20. The zero-order chi connectivity index (χ0) is 14.7. The van der Waals surface area contributed by atoms with E-state index in [1.54, 1.807) is 18.3 Å². The molecule has 1 aliphatic carbocycles. The van der Waals surface area contributed by atoms with Crippen molar-refractivity contribution in [3.63, 3.8) is 0 Å². The molecule has 1 aromatic heterocycles. The van der Waals surface area contributed by atoms with Gasteiger partial charge in [-0.25, -0.2) is 8.42 Å². The van der Waals surface area contributed by atoms with Crippen LogP contribution in [-0.2, 0) is 16.6 Å². The van der Waals surface area contributed by atoms with Gasteiger partial charge in [0.05, 0.1) is 0 Å². The second-order valence-electron chi connectivity index (χ2n) is 5.15. The number of hydrogen-bond acceptors (Lipinski definition) is 4. The average molecular weight is 303 g/mol. The monoisotopic (exact) mass is 303 g/mol.